The van der Waals surface area contributed by atoms with Gasteiger partial charge in [0.1, 0.15) is 5.75 Å². The van der Waals surface area contributed by atoms with Crippen LogP contribution in [0.2, 0.25) is 0 Å². The predicted molar refractivity (Wildman–Crippen MR) is 115 cm³/mol. The van der Waals surface area contributed by atoms with E-state index in [4.69, 9.17) is 4.74 Å². The average molecular weight is 396 g/mol. The molecule has 2 aromatic rings. The molecular formula is C23H29N3O3. The maximum absolute atomic E-state index is 12.0. The Balaban J connectivity index is 1.43. The van der Waals surface area contributed by atoms with Gasteiger partial charge in [-0.1, -0.05) is 31.0 Å². The summed E-state index contributed by atoms with van der Waals surface area (Å²) in [5, 5.41) is 5.25. The summed E-state index contributed by atoms with van der Waals surface area (Å²) in [6.45, 7) is 2.66. The maximum atomic E-state index is 12.0. The average Bonchev–Trinajstić information content (AvgIpc) is 3.04. The second kappa shape index (κ2) is 10.5. The number of nitrogens with one attached hydrogen (secondary N) is 2. The molecular weight excluding hydrogens is 366 g/mol. The zero-order valence-corrected chi connectivity index (χ0v) is 16.9. The first-order chi connectivity index (χ1) is 14.2. The molecule has 0 atom stereocenters. The Hall–Kier alpha value is -3.02. The zero-order chi connectivity index (χ0) is 20.5. The van der Waals surface area contributed by atoms with Crippen molar-refractivity contribution in [2.45, 2.75) is 32.1 Å². The summed E-state index contributed by atoms with van der Waals surface area (Å²) < 4.78 is 5.11. The number of methoxy groups -OCH3 is 1. The van der Waals surface area contributed by atoms with Gasteiger partial charge in [-0.05, 0) is 49.1 Å². The van der Waals surface area contributed by atoms with E-state index in [9.17, 15) is 9.59 Å². The Morgan fingerprint density at radius 1 is 0.966 bits per heavy atom. The molecule has 0 unspecified atom stereocenters. The lowest BCUT2D eigenvalue weighted by atomic mass is 10.1. The summed E-state index contributed by atoms with van der Waals surface area (Å²) >= 11 is 0. The molecule has 0 aromatic heterocycles. The van der Waals surface area contributed by atoms with E-state index < -0.39 is 11.8 Å². The van der Waals surface area contributed by atoms with Gasteiger partial charge >= 0.3 is 11.8 Å². The molecule has 2 N–H and O–H groups in total. The minimum atomic E-state index is -0.685. The molecule has 2 amide bonds. The Kier molecular flexibility index (Phi) is 7.50. The van der Waals surface area contributed by atoms with Gasteiger partial charge in [0.25, 0.3) is 0 Å². The van der Waals surface area contributed by atoms with Gasteiger partial charge in [0.05, 0.1) is 7.11 Å². The second-order valence-electron chi connectivity index (χ2n) is 7.26. The van der Waals surface area contributed by atoms with E-state index in [1.54, 1.807) is 31.4 Å². The molecule has 6 nitrogen and oxygen atoms in total. The van der Waals surface area contributed by atoms with E-state index in [2.05, 4.69) is 39.8 Å². The molecule has 1 saturated heterocycles. The van der Waals surface area contributed by atoms with Gasteiger partial charge in [-0.15, -0.1) is 0 Å². The molecule has 2 aromatic carbocycles. The van der Waals surface area contributed by atoms with Crippen LogP contribution in [-0.2, 0) is 16.0 Å². The van der Waals surface area contributed by atoms with E-state index in [1.807, 2.05) is 0 Å². The quantitative estimate of drug-likeness (QED) is 0.736. The lowest BCUT2D eigenvalue weighted by Crippen LogP contribution is -2.36. The van der Waals surface area contributed by atoms with Gasteiger partial charge in [0.2, 0.25) is 0 Å². The maximum Gasteiger partial charge on any atom is 0.313 e. The normalized spacial score (nSPS) is 14.0. The van der Waals surface area contributed by atoms with Crippen molar-refractivity contribution in [2.75, 3.05) is 37.0 Å². The molecule has 1 aliphatic heterocycles. The molecule has 1 aliphatic rings. The smallest absolute Gasteiger partial charge is 0.313 e. The van der Waals surface area contributed by atoms with E-state index >= 15 is 0 Å². The van der Waals surface area contributed by atoms with Crippen molar-refractivity contribution in [1.82, 2.24) is 5.32 Å². The highest BCUT2D eigenvalue weighted by Crippen LogP contribution is 2.20. The van der Waals surface area contributed by atoms with Crippen LogP contribution in [-0.4, -0.2) is 38.6 Å². The van der Waals surface area contributed by atoms with Gasteiger partial charge in [0.15, 0.2) is 0 Å². The number of anilines is 2. The Labute approximate surface area is 172 Å². The monoisotopic (exact) mass is 395 g/mol. The number of benzene rings is 2. The van der Waals surface area contributed by atoms with Crippen LogP contribution in [0.1, 0.15) is 31.2 Å². The fraction of sp³-hybridized carbons (Fsp3) is 0.391. The van der Waals surface area contributed by atoms with Crippen LogP contribution in [0.5, 0.6) is 5.75 Å². The molecule has 1 fully saturated rings. The van der Waals surface area contributed by atoms with Crippen molar-refractivity contribution >= 4 is 23.2 Å². The number of nitrogens with zero attached hydrogens (tertiary/aromatic N) is 1. The Morgan fingerprint density at radius 2 is 1.69 bits per heavy atom. The van der Waals surface area contributed by atoms with Gasteiger partial charge in [0, 0.05) is 37.1 Å². The number of carbonyl (C=O) groups excluding carboxylic acids is 2. The molecule has 0 saturated carbocycles. The number of hydrogen-bond acceptors (Lipinski definition) is 4. The van der Waals surface area contributed by atoms with E-state index in [1.165, 1.54) is 31.4 Å². The largest absolute Gasteiger partial charge is 0.497 e. The van der Waals surface area contributed by atoms with Crippen LogP contribution in [0.4, 0.5) is 11.4 Å². The molecule has 3 rings (SSSR count). The zero-order valence-electron chi connectivity index (χ0n) is 16.9. The number of carbonyl (C=O) groups is 2. The minimum absolute atomic E-state index is 0.410. The number of amides is 2. The van der Waals surface area contributed by atoms with Crippen molar-refractivity contribution < 1.29 is 14.3 Å². The van der Waals surface area contributed by atoms with Gasteiger partial charge < -0.3 is 20.3 Å². The summed E-state index contributed by atoms with van der Waals surface area (Å²) in [5.74, 6) is -0.712. The van der Waals surface area contributed by atoms with Crippen LogP contribution in [0.25, 0.3) is 0 Å². The number of hydrogen-bond donors (Lipinski definition) is 2. The van der Waals surface area contributed by atoms with Crippen LogP contribution >= 0.6 is 0 Å². The predicted octanol–water partition coefficient (Wildman–Crippen LogP) is 3.37. The van der Waals surface area contributed by atoms with Crippen molar-refractivity contribution in [3.63, 3.8) is 0 Å². The van der Waals surface area contributed by atoms with Crippen molar-refractivity contribution in [3.05, 3.63) is 54.1 Å². The summed E-state index contributed by atoms with van der Waals surface area (Å²) in [6, 6.07) is 15.4. The third-order valence-electron chi connectivity index (χ3n) is 5.14. The summed E-state index contributed by atoms with van der Waals surface area (Å²) in [4.78, 5) is 26.5. The Morgan fingerprint density at radius 3 is 2.38 bits per heavy atom. The third kappa shape index (κ3) is 6.24. The molecule has 0 aliphatic carbocycles. The third-order valence-corrected chi connectivity index (χ3v) is 5.14. The first-order valence-corrected chi connectivity index (χ1v) is 10.2. The van der Waals surface area contributed by atoms with E-state index in [0.717, 1.165) is 18.7 Å². The van der Waals surface area contributed by atoms with Crippen LogP contribution < -0.4 is 20.3 Å². The van der Waals surface area contributed by atoms with Crippen LogP contribution in [0, 0.1) is 0 Å². The highest BCUT2D eigenvalue weighted by molar-refractivity contribution is 6.39. The van der Waals surface area contributed by atoms with Crippen molar-refractivity contribution in [1.29, 1.82) is 0 Å². The number of ether oxygens (including phenoxy) is 1. The second-order valence-corrected chi connectivity index (χ2v) is 7.26. The minimum Gasteiger partial charge on any atom is -0.497 e. The fourth-order valence-electron chi connectivity index (χ4n) is 3.49. The molecule has 0 bridgehead atoms. The lowest BCUT2D eigenvalue weighted by molar-refractivity contribution is -0.136. The lowest BCUT2D eigenvalue weighted by Gasteiger charge is -2.22. The highest BCUT2D eigenvalue weighted by atomic mass is 16.5. The first-order valence-electron chi connectivity index (χ1n) is 10.2. The molecule has 0 radical (unpaired) electrons. The Bertz CT molecular complexity index is 812. The molecule has 29 heavy (non-hydrogen) atoms. The molecule has 154 valence electrons. The van der Waals surface area contributed by atoms with Crippen LogP contribution in [0.3, 0.4) is 0 Å². The summed E-state index contributed by atoms with van der Waals surface area (Å²) in [6.07, 6.45) is 5.83. The highest BCUT2D eigenvalue weighted by Gasteiger charge is 2.14. The molecule has 1 heterocycles. The molecule has 0 spiro atoms. The van der Waals surface area contributed by atoms with E-state index in [-0.39, 0.29) is 0 Å². The van der Waals surface area contributed by atoms with Gasteiger partial charge in [-0.3, -0.25) is 9.59 Å². The van der Waals surface area contributed by atoms with Gasteiger partial charge in [-0.25, -0.2) is 0 Å². The first kappa shape index (κ1) is 20.7. The van der Waals surface area contributed by atoms with E-state index in [0.29, 0.717) is 24.4 Å². The van der Waals surface area contributed by atoms with Gasteiger partial charge in [-0.2, -0.15) is 0 Å². The van der Waals surface area contributed by atoms with Crippen molar-refractivity contribution in [2.24, 2.45) is 0 Å². The fourth-order valence-corrected chi connectivity index (χ4v) is 3.49. The number of rotatable bonds is 6. The standard InChI is InChI=1S/C23H29N3O3/c1-29-21-8-6-7-19(17-21)25-23(28)22(27)24-14-13-18-9-11-20(12-10-18)26-15-4-2-3-5-16-26/h6-12,17H,2-5,13-16H2,1H3,(H,24,27)(H,25,28). The summed E-state index contributed by atoms with van der Waals surface area (Å²) in [5.41, 5.74) is 2.92. The SMILES string of the molecule is COc1cccc(NC(=O)C(=O)NCCc2ccc(N3CCCCCC3)cc2)c1. The van der Waals surface area contributed by atoms with Crippen LogP contribution in [0.15, 0.2) is 48.5 Å². The molecule has 6 heteroatoms. The topological polar surface area (TPSA) is 70.7 Å². The van der Waals surface area contributed by atoms with Crippen molar-refractivity contribution in [3.8, 4) is 5.75 Å². The summed E-state index contributed by atoms with van der Waals surface area (Å²) in [7, 11) is 1.55.